The number of piperazine rings is 1. The van der Waals surface area contributed by atoms with Crippen LogP contribution in [0.2, 0.25) is 0 Å². The van der Waals surface area contributed by atoms with E-state index in [0.29, 0.717) is 32.2 Å². The number of aromatic amines is 1. The topological polar surface area (TPSA) is 173 Å². The van der Waals surface area contributed by atoms with Crippen molar-refractivity contribution in [2.24, 2.45) is 11.8 Å². The van der Waals surface area contributed by atoms with Gasteiger partial charge in [0.15, 0.2) is 0 Å². The Bertz CT molecular complexity index is 1700. The predicted octanol–water partition coefficient (Wildman–Crippen LogP) is 1.30. The number of carbonyl (C=O) groups excluding carboxylic acids is 3. The molecule has 7 rings (SSSR count). The molecule has 0 bridgehead atoms. The SMILES string of the molecule is CC(C)C[C@H]1C(=O)N2CCC[C@H]2[C@]2(O)O[C@@](C)(NC(=O)[C@@H]3C=C4c5cccc6[nH]cc(c56)C[C@@H]4N(C)C3)C(=O)N12.CS(=O)(=O)O. The summed E-state index contributed by atoms with van der Waals surface area (Å²) in [7, 11) is -1.64. The fraction of sp³-hybridized carbons (Fsp3) is 0.581. The summed E-state index contributed by atoms with van der Waals surface area (Å²) in [5, 5.41) is 15.9. The number of carbonyl (C=O) groups is 3. The Balaban J connectivity index is 0.000000664. The van der Waals surface area contributed by atoms with Gasteiger partial charge < -0.3 is 20.3 Å². The average molecular weight is 644 g/mol. The molecular weight excluding hydrogens is 602 g/mol. The van der Waals surface area contributed by atoms with Crippen molar-refractivity contribution in [1.29, 1.82) is 0 Å². The Morgan fingerprint density at radius 1 is 1.27 bits per heavy atom. The van der Waals surface area contributed by atoms with Crippen molar-refractivity contribution in [2.75, 3.05) is 26.4 Å². The molecule has 0 unspecified atom stereocenters. The Morgan fingerprint density at radius 3 is 2.67 bits per heavy atom. The molecule has 0 saturated carbocycles. The number of fused-ring (bicyclic) bond motifs is 5. The van der Waals surface area contributed by atoms with E-state index in [9.17, 15) is 27.9 Å². The molecule has 0 spiro atoms. The summed E-state index contributed by atoms with van der Waals surface area (Å²) in [6, 6.07) is 4.84. The zero-order chi connectivity index (χ0) is 32.6. The molecule has 4 aliphatic heterocycles. The molecule has 1 aromatic carbocycles. The molecule has 14 heteroatoms. The van der Waals surface area contributed by atoms with Crippen molar-refractivity contribution >= 4 is 44.3 Å². The first-order valence-corrected chi connectivity index (χ1v) is 17.2. The van der Waals surface area contributed by atoms with Gasteiger partial charge in [-0.2, -0.15) is 8.42 Å². The van der Waals surface area contributed by atoms with Crippen molar-refractivity contribution in [3.8, 4) is 0 Å². The highest BCUT2D eigenvalue weighted by Crippen LogP contribution is 2.46. The standard InChI is InChI=1S/C30H37N5O5.CH4O3S/c1-16(2)11-23-27(37)34-10-6-9-24(34)30(39)35(23)28(38)29(3,40-30)32-26(36)18-12-20-19-7-5-8-21-25(19)17(14-31-21)13-22(20)33(4)15-18;1-5(2,3)4/h5,7-8,12,14,16,18,22-24,31,39H,6,9-11,13,15H2,1-4H3,(H,32,36);1H3,(H,2,3,4)/t18-,22+,23+,24+,29-,30+;/m1./s1. The first kappa shape index (κ1) is 31.7. The number of H-pyrrole nitrogens is 1. The quantitative estimate of drug-likeness (QED) is 0.358. The van der Waals surface area contributed by atoms with Gasteiger partial charge in [-0.1, -0.05) is 32.1 Å². The van der Waals surface area contributed by atoms with Crippen molar-refractivity contribution in [3.63, 3.8) is 0 Å². The number of aliphatic hydroxyl groups is 1. The van der Waals surface area contributed by atoms with Gasteiger partial charge >= 0.3 is 0 Å². The second kappa shape index (κ2) is 10.9. The summed E-state index contributed by atoms with van der Waals surface area (Å²) in [6.45, 7) is 6.46. The van der Waals surface area contributed by atoms with E-state index in [1.807, 2.05) is 33.0 Å². The number of hydrogen-bond acceptors (Lipinski definition) is 8. The molecule has 0 radical (unpaired) electrons. The Labute approximate surface area is 262 Å². The molecule has 6 atom stereocenters. The van der Waals surface area contributed by atoms with Gasteiger partial charge in [0, 0.05) is 36.2 Å². The van der Waals surface area contributed by atoms with Gasteiger partial charge in [0.05, 0.1) is 12.2 Å². The summed E-state index contributed by atoms with van der Waals surface area (Å²) in [4.78, 5) is 49.7. The smallest absolute Gasteiger partial charge is 0.280 e. The number of nitrogens with zero attached hydrogens (tertiary/aromatic N) is 3. The minimum absolute atomic E-state index is 0.115. The summed E-state index contributed by atoms with van der Waals surface area (Å²) in [5.41, 5.74) is 2.78. The van der Waals surface area contributed by atoms with Crippen LogP contribution in [0.3, 0.4) is 0 Å². The fourth-order valence-corrected chi connectivity index (χ4v) is 7.76. The minimum atomic E-state index is -3.67. The number of hydrogen-bond donors (Lipinski definition) is 4. The van der Waals surface area contributed by atoms with Gasteiger partial charge in [0.2, 0.25) is 17.5 Å². The van der Waals surface area contributed by atoms with Crippen LogP contribution in [0.4, 0.5) is 0 Å². The van der Waals surface area contributed by atoms with Crippen LogP contribution in [-0.2, 0) is 35.7 Å². The lowest BCUT2D eigenvalue weighted by Gasteiger charge is -2.49. The molecule has 2 aromatic rings. The highest BCUT2D eigenvalue weighted by atomic mass is 32.2. The molecule has 13 nitrogen and oxygen atoms in total. The number of rotatable bonds is 4. The van der Waals surface area contributed by atoms with E-state index >= 15 is 0 Å². The highest BCUT2D eigenvalue weighted by Gasteiger charge is 2.70. The highest BCUT2D eigenvalue weighted by molar-refractivity contribution is 7.85. The molecule has 3 saturated heterocycles. The van der Waals surface area contributed by atoms with Gasteiger partial charge in [-0.3, -0.25) is 33.5 Å². The van der Waals surface area contributed by atoms with Crippen LogP contribution in [0.5, 0.6) is 0 Å². The van der Waals surface area contributed by atoms with E-state index in [4.69, 9.17) is 9.29 Å². The van der Waals surface area contributed by atoms with Gasteiger partial charge in [0.1, 0.15) is 12.1 Å². The maximum absolute atomic E-state index is 14.0. The molecule has 45 heavy (non-hydrogen) atoms. The van der Waals surface area contributed by atoms with E-state index in [1.165, 1.54) is 22.8 Å². The fourth-order valence-electron chi connectivity index (χ4n) is 7.76. The number of aromatic nitrogens is 1. The zero-order valence-corrected chi connectivity index (χ0v) is 26.9. The van der Waals surface area contributed by atoms with Crippen LogP contribution in [0.15, 0.2) is 30.5 Å². The Kier molecular flexibility index (Phi) is 7.67. The van der Waals surface area contributed by atoms with E-state index in [-0.39, 0.29) is 23.8 Å². The van der Waals surface area contributed by atoms with E-state index in [2.05, 4.69) is 33.5 Å². The van der Waals surface area contributed by atoms with Gasteiger partial charge in [-0.25, -0.2) is 0 Å². The molecule has 1 aromatic heterocycles. The van der Waals surface area contributed by atoms with Crippen LogP contribution < -0.4 is 5.32 Å². The summed E-state index contributed by atoms with van der Waals surface area (Å²) < 4.78 is 32.0. The van der Waals surface area contributed by atoms with Crippen molar-refractivity contribution in [3.05, 3.63) is 41.6 Å². The molecular formula is C31H41N5O8S. The summed E-state index contributed by atoms with van der Waals surface area (Å²) in [6.07, 6.45) is 7.32. The third-order valence-electron chi connectivity index (χ3n) is 9.55. The molecule has 5 aliphatic rings. The first-order valence-electron chi connectivity index (χ1n) is 15.3. The lowest BCUT2D eigenvalue weighted by molar-refractivity contribution is -0.315. The average Bonchev–Trinajstić information content (AvgIpc) is 3.64. The second-order valence-corrected chi connectivity index (χ2v) is 14.9. The van der Waals surface area contributed by atoms with Gasteiger partial charge in [0.25, 0.3) is 21.9 Å². The lowest BCUT2D eigenvalue weighted by Crippen LogP contribution is -2.71. The van der Waals surface area contributed by atoms with E-state index < -0.39 is 45.7 Å². The molecule has 1 aliphatic carbocycles. The second-order valence-electron chi connectivity index (χ2n) is 13.5. The molecule has 244 valence electrons. The first-order chi connectivity index (χ1) is 21.0. The maximum Gasteiger partial charge on any atom is 0.280 e. The van der Waals surface area contributed by atoms with Crippen LogP contribution in [0.1, 0.15) is 51.2 Å². The summed E-state index contributed by atoms with van der Waals surface area (Å²) >= 11 is 0. The van der Waals surface area contributed by atoms with Crippen molar-refractivity contribution in [2.45, 2.75) is 76.2 Å². The molecule has 3 fully saturated rings. The molecule has 4 N–H and O–H groups in total. The summed E-state index contributed by atoms with van der Waals surface area (Å²) in [5.74, 6) is -3.48. The van der Waals surface area contributed by atoms with Crippen LogP contribution in [0, 0.1) is 11.8 Å². The monoisotopic (exact) mass is 643 g/mol. The zero-order valence-electron chi connectivity index (χ0n) is 26.1. The maximum atomic E-state index is 14.0. The lowest BCUT2D eigenvalue weighted by atomic mass is 9.79. The number of amides is 3. The third-order valence-corrected chi connectivity index (χ3v) is 9.55. The third kappa shape index (κ3) is 5.35. The molecule has 5 heterocycles. The number of likely N-dealkylation sites (N-methyl/N-ethyl adjacent to an activating group) is 1. The Morgan fingerprint density at radius 2 is 1.98 bits per heavy atom. The van der Waals surface area contributed by atoms with Gasteiger partial charge in [-0.15, -0.1) is 0 Å². The number of benzene rings is 1. The molecule has 3 amide bonds. The van der Waals surface area contributed by atoms with Crippen LogP contribution in [-0.4, -0.2) is 112 Å². The Hall–Kier alpha value is -3.30. The number of nitrogens with one attached hydrogen (secondary N) is 2. The van der Waals surface area contributed by atoms with E-state index in [0.717, 1.165) is 29.5 Å². The van der Waals surface area contributed by atoms with Crippen LogP contribution in [0.25, 0.3) is 16.5 Å². The van der Waals surface area contributed by atoms with Crippen molar-refractivity contribution in [1.82, 2.24) is 25.0 Å². The normalized spacial score (nSPS) is 32.6. The van der Waals surface area contributed by atoms with E-state index in [1.54, 1.807) is 4.90 Å². The largest absolute Gasteiger partial charge is 0.361 e. The van der Waals surface area contributed by atoms with Crippen LogP contribution >= 0.6 is 0 Å². The van der Waals surface area contributed by atoms with Gasteiger partial charge in [-0.05, 0) is 68.3 Å². The number of ether oxygens (including phenoxy) is 1. The minimum Gasteiger partial charge on any atom is -0.361 e. The predicted molar refractivity (Wildman–Crippen MR) is 165 cm³/mol. The van der Waals surface area contributed by atoms with Crippen molar-refractivity contribution < 1.29 is 37.2 Å².